The van der Waals surface area contributed by atoms with Gasteiger partial charge in [0.05, 0.1) is 4.47 Å². The van der Waals surface area contributed by atoms with Crippen LogP contribution in [0.15, 0.2) is 46.9 Å². The summed E-state index contributed by atoms with van der Waals surface area (Å²) in [5.74, 6) is 0.449. The van der Waals surface area contributed by atoms with E-state index >= 15 is 0 Å². The van der Waals surface area contributed by atoms with Crippen molar-refractivity contribution in [2.45, 2.75) is 12.5 Å². The van der Waals surface area contributed by atoms with Crippen LogP contribution in [0.25, 0.3) is 0 Å². The maximum absolute atomic E-state index is 13.1. The molecule has 0 bridgehead atoms. The van der Waals surface area contributed by atoms with Gasteiger partial charge in [0.1, 0.15) is 18.2 Å². The van der Waals surface area contributed by atoms with Crippen molar-refractivity contribution in [3.05, 3.63) is 63.3 Å². The van der Waals surface area contributed by atoms with E-state index in [4.69, 9.17) is 22.1 Å². The first kappa shape index (κ1) is 15.3. The van der Waals surface area contributed by atoms with Crippen molar-refractivity contribution < 1.29 is 9.13 Å². The van der Waals surface area contributed by atoms with Crippen molar-refractivity contribution in [1.29, 1.82) is 0 Å². The molecule has 1 atom stereocenters. The summed E-state index contributed by atoms with van der Waals surface area (Å²) in [5.41, 5.74) is 6.97. The summed E-state index contributed by atoms with van der Waals surface area (Å²) in [6.07, 6.45) is 0.618. The van der Waals surface area contributed by atoms with Crippen LogP contribution in [0.2, 0.25) is 5.02 Å². The Bertz CT molecular complexity index is 577. The Kier molecular flexibility index (Phi) is 5.40. The van der Waals surface area contributed by atoms with Crippen LogP contribution in [0.4, 0.5) is 4.39 Å². The zero-order valence-electron chi connectivity index (χ0n) is 10.7. The van der Waals surface area contributed by atoms with Crippen molar-refractivity contribution in [2.24, 2.45) is 5.73 Å². The van der Waals surface area contributed by atoms with Gasteiger partial charge in [-0.3, -0.25) is 0 Å². The van der Waals surface area contributed by atoms with Crippen LogP contribution >= 0.6 is 27.5 Å². The van der Waals surface area contributed by atoms with Gasteiger partial charge in [0.2, 0.25) is 0 Å². The highest BCUT2D eigenvalue weighted by atomic mass is 79.9. The Morgan fingerprint density at radius 1 is 1.20 bits per heavy atom. The van der Waals surface area contributed by atoms with E-state index in [9.17, 15) is 4.39 Å². The average Bonchev–Trinajstić information content (AvgIpc) is 2.42. The third kappa shape index (κ3) is 4.47. The third-order valence-electron chi connectivity index (χ3n) is 2.76. The molecule has 0 heterocycles. The molecule has 2 nitrogen and oxygen atoms in total. The second-order valence-corrected chi connectivity index (χ2v) is 5.77. The van der Waals surface area contributed by atoms with E-state index in [-0.39, 0.29) is 11.9 Å². The van der Waals surface area contributed by atoms with E-state index < -0.39 is 0 Å². The van der Waals surface area contributed by atoms with Gasteiger partial charge in [0, 0.05) is 11.1 Å². The lowest BCUT2D eigenvalue weighted by Crippen LogP contribution is -2.30. The Balaban J connectivity index is 1.87. The van der Waals surface area contributed by atoms with Crippen molar-refractivity contribution in [3.8, 4) is 5.75 Å². The van der Waals surface area contributed by atoms with Gasteiger partial charge in [-0.1, -0.05) is 17.7 Å². The zero-order valence-corrected chi connectivity index (χ0v) is 13.0. The molecule has 0 spiro atoms. The predicted octanol–water partition coefficient (Wildman–Crippen LogP) is 4.19. The number of hydrogen-bond acceptors (Lipinski definition) is 2. The molecule has 1 unspecified atom stereocenters. The molecular formula is C15H14BrClFNO. The largest absolute Gasteiger partial charge is 0.492 e. The summed E-state index contributed by atoms with van der Waals surface area (Å²) in [6, 6.07) is 11.8. The predicted molar refractivity (Wildman–Crippen MR) is 82.7 cm³/mol. The summed E-state index contributed by atoms with van der Waals surface area (Å²) in [6.45, 7) is 0.386. The van der Waals surface area contributed by atoms with Gasteiger partial charge >= 0.3 is 0 Å². The number of halogens is 3. The lowest BCUT2D eigenvalue weighted by atomic mass is 10.1. The molecule has 2 aromatic rings. The summed E-state index contributed by atoms with van der Waals surface area (Å²) in [7, 11) is 0. The smallest absolute Gasteiger partial charge is 0.137 e. The molecule has 0 aliphatic carbocycles. The standard InChI is InChI=1S/C15H14BrClFNO/c16-14-8-10(1-6-15(14)18)7-12(19)9-20-13-4-2-11(17)3-5-13/h1-6,8,12H,7,9,19H2. The van der Waals surface area contributed by atoms with Gasteiger partial charge in [0.15, 0.2) is 0 Å². The molecule has 0 aromatic heterocycles. The second-order valence-electron chi connectivity index (χ2n) is 4.48. The maximum Gasteiger partial charge on any atom is 0.137 e. The number of nitrogens with two attached hydrogens (primary N) is 1. The number of hydrogen-bond donors (Lipinski definition) is 1. The Morgan fingerprint density at radius 3 is 2.55 bits per heavy atom. The van der Waals surface area contributed by atoms with E-state index in [1.807, 2.05) is 0 Å². The number of ether oxygens (including phenoxy) is 1. The minimum absolute atomic E-state index is 0.164. The highest BCUT2D eigenvalue weighted by molar-refractivity contribution is 9.10. The zero-order chi connectivity index (χ0) is 14.5. The molecule has 0 saturated carbocycles. The minimum atomic E-state index is -0.278. The lowest BCUT2D eigenvalue weighted by Gasteiger charge is -2.13. The molecule has 0 amide bonds. The summed E-state index contributed by atoms with van der Waals surface area (Å²) in [5, 5.41) is 0.665. The van der Waals surface area contributed by atoms with Crippen LogP contribution < -0.4 is 10.5 Å². The van der Waals surface area contributed by atoms with Crippen molar-refractivity contribution in [1.82, 2.24) is 0 Å². The Morgan fingerprint density at radius 2 is 1.90 bits per heavy atom. The Hall–Kier alpha value is -1.10. The monoisotopic (exact) mass is 357 g/mol. The first-order valence-corrected chi connectivity index (χ1v) is 7.29. The molecule has 2 aromatic carbocycles. The van der Waals surface area contributed by atoms with Crippen LogP contribution in [-0.4, -0.2) is 12.6 Å². The van der Waals surface area contributed by atoms with E-state index in [2.05, 4.69) is 15.9 Å². The topological polar surface area (TPSA) is 35.2 Å². The molecule has 106 valence electrons. The molecule has 5 heteroatoms. The fourth-order valence-corrected chi connectivity index (χ4v) is 2.31. The Labute approximate surface area is 130 Å². The number of benzene rings is 2. The van der Waals surface area contributed by atoms with Gasteiger partial charge in [-0.25, -0.2) is 4.39 Å². The quantitative estimate of drug-likeness (QED) is 0.870. The molecule has 0 saturated heterocycles. The van der Waals surface area contributed by atoms with Gasteiger partial charge in [-0.05, 0) is 64.3 Å². The van der Waals surface area contributed by atoms with Gasteiger partial charge in [0.25, 0.3) is 0 Å². The lowest BCUT2D eigenvalue weighted by molar-refractivity contribution is 0.287. The molecule has 0 aliphatic heterocycles. The number of rotatable bonds is 5. The van der Waals surface area contributed by atoms with E-state index in [0.717, 1.165) is 11.3 Å². The molecule has 0 aliphatic rings. The molecule has 20 heavy (non-hydrogen) atoms. The van der Waals surface area contributed by atoms with Crippen LogP contribution in [0.3, 0.4) is 0 Å². The summed E-state index contributed by atoms with van der Waals surface area (Å²) >= 11 is 8.95. The highest BCUT2D eigenvalue weighted by Gasteiger charge is 2.07. The summed E-state index contributed by atoms with van der Waals surface area (Å²) < 4.78 is 19.1. The van der Waals surface area contributed by atoms with E-state index in [1.165, 1.54) is 6.07 Å². The normalized spacial score (nSPS) is 12.2. The third-order valence-corrected chi connectivity index (χ3v) is 3.62. The van der Waals surface area contributed by atoms with Crippen LogP contribution in [0, 0.1) is 5.82 Å². The molecule has 2 N–H and O–H groups in total. The molecule has 0 fully saturated rings. The maximum atomic E-state index is 13.1. The fraction of sp³-hybridized carbons (Fsp3) is 0.200. The first-order chi connectivity index (χ1) is 9.54. The van der Waals surface area contributed by atoms with Crippen LogP contribution in [0.5, 0.6) is 5.75 Å². The van der Waals surface area contributed by atoms with Crippen molar-refractivity contribution in [2.75, 3.05) is 6.61 Å². The van der Waals surface area contributed by atoms with Crippen molar-refractivity contribution >= 4 is 27.5 Å². The fourth-order valence-electron chi connectivity index (χ4n) is 1.76. The van der Waals surface area contributed by atoms with E-state index in [1.54, 1.807) is 36.4 Å². The van der Waals surface area contributed by atoms with Crippen molar-refractivity contribution in [3.63, 3.8) is 0 Å². The molecule has 2 rings (SSSR count). The minimum Gasteiger partial charge on any atom is -0.492 e. The second kappa shape index (κ2) is 7.07. The van der Waals surface area contributed by atoms with Crippen LogP contribution in [-0.2, 0) is 6.42 Å². The highest BCUT2D eigenvalue weighted by Crippen LogP contribution is 2.18. The SMILES string of the molecule is NC(COc1ccc(Cl)cc1)Cc1ccc(F)c(Br)c1. The average molecular weight is 359 g/mol. The van der Waals surface area contributed by atoms with Crippen LogP contribution in [0.1, 0.15) is 5.56 Å². The van der Waals surface area contributed by atoms with Gasteiger partial charge < -0.3 is 10.5 Å². The van der Waals surface area contributed by atoms with Gasteiger partial charge in [-0.2, -0.15) is 0 Å². The first-order valence-electron chi connectivity index (χ1n) is 6.12. The molecule has 0 radical (unpaired) electrons. The molecular weight excluding hydrogens is 345 g/mol. The summed E-state index contributed by atoms with van der Waals surface area (Å²) in [4.78, 5) is 0. The van der Waals surface area contributed by atoms with E-state index in [0.29, 0.717) is 22.5 Å². The van der Waals surface area contributed by atoms with Gasteiger partial charge in [-0.15, -0.1) is 0 Å².